The van der Waals surface area contributed by atoms with Crippen molar-refractivity contribution in [3.05, 3.63) is 66.2 Å². The number of carbonyl (C=O) groups excluding carboxylic acids is 1. The number of benzene rings is 2. The number of ether oxygens (including phenoxy) is 1. The Labute approximate surface area is 102 Å². The Balaban J connectivity index is 0.000000202. The topological polar surface area (TPSA) is 26.3 Å². The van der Waals surface area contributed by atoms with Gasteiger partial charge in [0.1, 0.15) is 5.75 Å². The normalized spacial score (nSPS) is 8.76. The summed E-state index contributed by atoms with van der Waals surface area (Å²) in [6.45, 7) is 2.48. The van der Waals surface area contributed by atoms with E-state index in [-0.39, 0.29) is 0 Å². The van der Waals surface area contributed by atoms with Gasteiger partial charge in [-0.3, -0.25) is 4.79 Å². The number of aldehydes is 1. The van der Waals surface area contributed by atoms with Gasteiger partial charge in [0.05, 0.1) is 12.2 Å². The van der Waals surface area contributed by atoms with Gasteiger partial charge in [0.25, 0.3) is 0 Å². The molecule has 0 aromatic heterocycles. The molecule has 88 valence electrons. The summed E-state index contributed by atoms with van der Waals surface area (Å²) >= 11 is 0. The molecule has 17 heavy (non-hydrogen) atoms. The van der Waals surface area contributed by atoms with Crippen LogP contribution in [-0.2, 0) is 0 Å². The second-order valence-corrected chi connectivity index (χ2v) is 3.24. The first-order valence-corrected chi connectivity index (χ1v) is 5.55. The molecule has 0 spiro atoms. The number of hydrogen-bond donors (Lipinski definition) is 0. The second kappa shape index (κ2) is 8.11. The van der Waals surface area contributed by atoms with Crippen molar-refractivity contribution < 1.29 is 9.53 Å². The van der Waals surface area contributed by atoms with Crippen LogP contribution in [0.25, 0.3) is 0 Å². The number of rotatable bonds is 3. The smallest absolute Gasteiger partial charge is 0.153 e. The summed E-state index contributed by atoms with van der Waals surface area (Å²) in [7, 11) is 0. The van der Waals surface area contributed by atoms with E-state index in [1.54, 1.807) is 12.1 Å². The molecule has 2 nitrogen and oxygen atoms in total. The van der Waals surface area contributed by atoms with E-state index in [0.717, 1.165) is 6.29 Å². The summed E-state index contributed by atoms with van der Waals surface area (Å²) in [4.78, 5) is 10.4. The van der Waals surface area contributed by atoms with E-state index in [4.69, 9.17) is 4.74 Å². The van der Waals surface area contributed by atoms with E-state index in [2.05, 4.69) is 0 Å². The molecule has 2 heteroatoms. The van der Waals surface area contributed by atoms with Gasteiger partial charge in [-0.15, -0.1) is 0 Å². The van der Waals surface area contributed by atoms with Crippen LogP contribution in [0.15, 0.2) is 60.7 Å². The number of para-hydroxylation sites is 1. The van der Waals surface area contributed by atoms with Crippen molar-refractivity contribution in [3.8, 4) is 5.75 Å². The van der Waals surface area contributed by atoms with Crippen LogP contribution in [0, 0.1) is 0 Å². The van der Waals surface area contributed by atoms with Crippen LogP contribution < -0.4 is 4.74 Å². The summed E-state index contributed by atoms with van der Waals surface area (Å²) in [6, 6.07) is 19.2. The molecule has 0 aliphatic heterocycles. The molecule has 0 heterocycles. The molecular formula is C15H16O2. The summed E-state index contributed by atoms with van der Waals surface area (Å²) in [5.41, 5.74) is 0.606. The Morgan fingerprint density at radius 2 is 1.47 bits per heavy atom. The SMILES string of the molecule is CCOc1ccccc1C=O.c1ccccc1. The number of carbonyl (C=O) groups is 1. The van der Waals surface area contributed by atoms with Crippen LogP contribution in [0.1, 0.15) is 17.3 Å². The summed E-state index contributed by atoms with van der Waals surface area (Å²) in [6.07, 6.45) is 0.797. The summed E-state index contributed by atoms with van der Waals surface area (Å²) in [5, 5.41) is 0. The van der Waals surface area contributed by atoms with Crippen molar-refractivity contribution in [2.75, 3.05) is 6.61 Å². The third-order valence-electron chi connectivity index (χ3n) is 2.01. The van der Waals surface area contributed by atoms with Crippen molar-refractivity contribution >= 4 is 6.29 Å². The van der Waals surface area contributed by atoms with Crippen molar-refractivity contribution in [2.45, 2.75) is 6.92 Å². The van der Waals surface area contributed by atoms with Gasteiger partial charge in [0.2, 0.25) is 0 Å². The molecule has 0 aliphatic rings. The quantitative estimate of drug-likeness (QED) is 0.750. The molecule has 0 bridgehead atoms. The molecule has 0 fully saturated rings. The Morgan fingerprint density at radius 3 is 1.94 bits per heavy atom. The first-order valence-electron chi connectivity index (χ1n) is 5.55. The van der Waals surface area contributed by atoms with Crippen molar-refractivity contribution in [1.29, 1.82) is 0 Å². The van der Waals surface area contributed by atoms with Crippen LogP contribution in [0.3, 0.4) is 0 Å². The van der Waals surface area contributed by atoms with Crippen molar-refractivity contribution in [1.82, 2.24) is 0 Å². The molecule has 2 aromatic carbocycles. The molecule has 0 amide bonds. The molecular weight excluding hydrogens is 212 g/mol. The lowest BCUT2D eigenvalue weighted by Gasteiger charge is -2.03. The molecule has 2 rings (SSSR count). The van der Waals surface area contributed by atoms with E-state index >= 15 is 0 Å². The Kier molecular flexibility index (Phi) is 6.19. The molecule has 0 radical (unpaired) electrons. The Hall–Kier alpha value is -2.09. The van der Waals surface area contributed by atoms with Crippen LogP contribution >= 0.6 is 0 Å². The van der Waals surface area contributed by atoms with Gasteiger partial charge < -0.3 is 4.74 Å². The largest absolute Gasteiger partial charge is 0.493 e. The Morgan fingerprint density at radius 1 is 0.941 bits per heavy atom. The lowest BCUT2D eigenvalue weighted by atomic mass is 10.2. The standard InChI is InChI=1S/C9H10O2.C6H6/c1-2-11-9-6-4-3-5-8(9)7-10;1-2-4-6-5-3-1/h3-7H,2H2,1H3;1-6H. The fourth-order valence-electron chi connectivity index (χ4n) is 1.25. The average Bonchev–Trinajstić information content (AvgIpc) is 2.42. The molecule has 0 aliphatic carbocycles. The van der Waals surface area contributed by atoms with Gasteiger partial charge in [-0.1, -0.05) is 48.5 Å². The fourth-order valence-corrected chi connectivity index (χ4v) is 1.25. The van der Waals surface area contributed by atoms with Gasteiger partial charge in [0, 0.05) is 0 Å². The summed E-state index contributed by atoms with van der Waals surface area (Å²) < 4.78 is 5.20. The molecule has 0 atom stereocenters. The zero-order chi connectivity index (χ0) is 12.3. The maximum atomic E-state index is 10.4. The minimum atomic E-state index is 0.588. The van der Waals surface area contributed by atoms with Crippen LogP contribution in [0.2, 0.25) is 0 Å². The third kappa shape index (κ3) is 4.98. The lowest BCUT2D eigenvalue weighted by molar-refractivity contribution is 0.112. The van der Waals surface area contributed by atoms with Gasteiger partial charge in [-0.05, 0) is 19.1 Å². The highest BCUT2D eigenvalue weighted by molar-refractivity contribution is 5.79. The number of hydrogen-bond acceptors (Lipinski definition) is 2. The fraction of sp³-hybridized carbons (Fsp3) is 0.133. The van der Waals surface area contributed by atoms with E-state index in [1.165, 1.54) is 0 Å². The van der Waals surface area contributed by atoms with Gasteiger partial charge in [-0.25, -0.2) is 0 Å². The highest BCUT2D eigenvalue weighted by Crippen LogP contribution is 2.14. The first-order chi connectivity index (χ1) is 8.38. The average molecular weight is 228 g/mol. The molecule has 2 aromatic rings. The first kappa shape index (κ1) is 13.0. The zero-order valence-electron chi connectivity index (χ0n) is 9.87. The minimum Gasteiger partial charge on any atom is -0.493 e. The molecule has 0 saturated heterocycles. The van der Waals surface area contributed by atoms with E-state index < -0.39 is 0 Å². The predicted octanol–water partition coefficient (Wildman–Crippen LogP) is 3.58. The molecule has 0 saturated carbocycles. The molecule has 0 N–H and O–H groups in total. The highest BCUT2D eigenvalue weighted by Gasteiger charge is 1.98. The van der Waals surface area contributed by atoms with Gasteiger partial charge in [-0.2, -0.15) is 0 Å². The van der Waals surface area contributed by atoms with E-state index in [1.807, 2.05) is 55.5 Å². The Bertz CT molecular complexity index is 397. The molecule has 0 unspecified atom stereocenters. The monoisotopic (exact) mass is 228 g/mol. The summed E-state index contributed by atoms with van der Waals surface area (Å²) in [5.74, 6) is 0.657. The van der Waals surface area contributed by atoms with E-state index in [0.29, 0.717) is 17.9 Å². The highest BCUT2D eigenvalue weighted by atomic mass is 16.5. The van der Waals surface area contributed by atoms with Crippen LogP contribution in [0.5, 0.6) is 5.75 Å². The van der Waals surface area contributed by atoms with Gasteiger partial charge in [0.15, 0.2) is 6.29 Å². The third-order valence-corrected chi connectivity index (χ3v) is 2.01. The maximum Gasteiger partial charge on any atom is 0.153 e. The van der Waals surface area contributed by atoms with E-state index in [9.17, 15) is 4.79 Å². The van der Waals surface area contributed by atoms with Gasteiger partial charge >= 0.3 is 0 Å². The van der Waals surface area contributed by atoms with Crippen LogP contribution in [0.4, 0.5) is 0 Å². The van der Waals surface area contributed by atoms with Crippen LogP contribution in [-0.4, -0.2) is 12.9 Å². The zero-order valence-corrected chi connectivity index (χ0v) is 9.87. The minimum absolute atomic E-state index is 0.588. The lowest BCUT2D eigenvalue weighted by Crippen LogP contribution is -1.94. The van der Waals surface area contributed by atoms with Crippen molar-refractivity contribution in [3.63, 3.8) is 0 Å². The van der Waals surface area contributed by atoms with Crippen molar-refractivity contribution in [2.24, 2.45) is 0 Å². The predicted molar refractivity (Wildman–Crippen MR) is 69.4 cm³/mol. The maximum absolute atomic E-state index is 10.4. The second-order valence-electron chi connectivity index (χ2n) is 3.24.